The van der Waals surface area contributed by atoms with Crippen LogP contribution in [0.1, 0.15) is 43.7 Å². The number of alkyl halides is 6. The number of halogens is 6. The van der Waals surface area contributed by atoms with Gasteiger partial charge in [-0.15, -0.1) is 0 Å². The summed E-state index contributed by atoms with van der Waals surface area (Å²) in [7, 11) is 0. The van der Waals surface area contributed by atoms with E-state index in [1.807, 2.05) is 6.08 Å². The first-order valence-electron chi connectivity index (χ1n) is 8.16. The molecule has 0 amide bonds. The van der Waals surface area contributed by atoms with Crippen LogP contribution in [0.15, 0.2) is 17.8 Å². The Morgan fingerprint density at radius 1 is 1.00 bits per heavy atom. The normalized spacial score (nSPS) is 21.2. The SMILES string of the molecule is CCN1CCCC2CC(c3nc(C(Cl)(Cl)Cl)nc(C(Cl)(Cl)Cl)n3)=CC=C21. The molecule has 1 aliphatic heterocycles. The van der Waals surface area contributed by atoms with Crippen LogP contribution >= 0.6 is 69.6 Å². The molecule has 142 valence electrons. The van der Waals surface area contributed by atoms with Crippen molar-refractivity contribution in [3.05, 3.63) is 35.3 Å². The Morgan fingerprint density at radius 3 is 2.15 bits per heavy atom. The zero-order valence-corrected chi connectivity index (χ0v) is 18.4. The Balaban J connectivity index is 2.04. The summed E-state index contributed by atoms with van der Waals surface area (Å²) >= 11 is 35.7. The van der Waals surface area contributed by atoms with Crippen LogP contribution in [-0.4, -0.2) is 32.9 Å². The van der Waals surface area contributed by atoms with Crippen molar-refractivity contribution in [2.45, 2.75) is 33.8 Å². The number of piperidine rings is 1. The van der Waals surface area contributed by atoms with E-state index < -0.39 is 7.59 Å². The highest BCUT2D eigenvalue weighted by molar-refractivity contribution is 6.67. The third-order valence-corrected chi connectivity index (χ3v) is 5.51. The predicted molar refractivity (Wildman–Crippen MR) is 109 cm³/mol. The molecule has 0 N–H and O–H groups in total. The second-order valence-electron chi connectivity index (χ2n) is 6.21. The van der Waals surface area contributed by atoms with Crippen molar-refractivity contribution in [3.63, 3.8) is 0 Å². The van der Waals surface area contributed by atoms with Crippen LogP contribution < -0.4 is 0 Å². The minimum atomic E-state index is -1.84. The molecular weight excluding hydrogens is 461 g/mol. The van der Waals surface area contributed by atoms with Gasteiger partial charge in [0.05, 0.1) is 0 Å². The highest BCUT2D eigenvalue weighted by Crippen LogP contribution is 2.42. The van der Waals surface area contributed by atoms with E-state index in [1.54, 1.807) is 0 Å². The van der Waals surface area contributed by atoms with Crippen LogP contribution in [0.4, 0.5) is 0 Å². The summed E-state index contributed by atoms with van der Waals surface area (Å²) in [5.41, 5.74) is 2.25. The number of rotatable bonds is 2. The molecule has 1 unspecified atom stereocenters. The number of fused-ring (bicyclic) bond motifs is 1. The highest BCUT2D eigenvalue weighted by atomic mass is 35.6. The summed E-state index contributed by atoms with van der Waals surface area (Å²) in [4.78, 5) is 15.0. The maximum Gasteiger partial charge on any atom is 0.250 e. The Labute approximate surface area is 182 Å². The van der Waals surface area contributed by atoms with Crippen LogP contribution in [-0.2, 0) is 7.59 Å². The summed E-state index contributed by atoms with van der Waals surface area (Å²) in [5, 5.41) is 0. The summed E-state index contributed by atoms with van der Waals surface area (Å²) < 4.78 is -3.69. The van der Waals surface area contributed by atoms with Gasteiger partial charge in [-0.1, -0.05) is 75.7 Å². The van der Waals surface area contributed by atoms with Crippen molar-refractivity contribution in [3.8, 4) is 0 Å². The van der Waals surface area contributed by atoms with Gasteiger partial charge in [0.1, 0.15) is 0 Å². The Kier molecular flexibility index (Phi) is 6.23. The average molecular weight is 477 g/mol. The maximum absolute atomic E-state index is 5.95. The topological polar surface area (TPSA) is 41.9 Å². The van der Waals surface area contributed by atoms with Crippen LogP contribution in [0, 0.1) is 5.92 Å². The minimum Gasteiger partial charge on any atom is -0.375 e. The zero-order chi connectivity index (χ0) is 19.1. The van der Waals surface area contributed by atoms with E-state index in [1.165, 1.54) is 5.70 Å². The molecule has 1 aromatic rings. The summed E-state index contributed by atoms with van der Waals surface area (Å²) in [6, 6.07) is 0. The largest absolute Gasteiger partial charge is 0.375 e. The van der Waals surface area contributed by atoms with Crippen LogP contribution in [0.2, 0.25) is 0 Å². The molecule has 0 aromatic carbocycles. The smallest absolute Gasteiger partial charge is 0.250 e. The second-order valence-corrected chi connectivity index (χ2v) is 10.8. The molecule has 3 rings (SSSR count). The van der Waals surface area contributed by atoms with Gasteiger partial charge in [0, 0.05) is 24.7 Å². The maximum atomic E-state index is 5.95. The molecule has 1 aliphatic carbocycles. The number of hydrogen-bond donors (Lipinski definition) is 0. The molecule has 1 fully saturated rings. The van der Waals surface area contributed by atoms with E-state index in [9.17, 15) is 0 Å². The van der Waals surface area contributed by atoms with E-state index in [4.69, 9.17) is 69.6 Å². The van der Waals surface area contributed by atoms with Crippen molar-refractivity contribution < 1.29 is 0 Å². The van der Waals surface area contributed by atoms with Gasteiger partial charge in [-0.3, -0.25) is 0 Å². The van der Waals surface area contributed by atoms with E-state index >= 15 is 0 Å². The van der Waals surface area contributed by atoms with Crippen LogP contribution in [0.3, 0.4) is 0 Å². The fourth-order valence-electron chi connectivity index (χ4n) is 3.31. The van der Waals surface area contributed by atoms with Crippen molar-refractivity contribution in [2.24, 2.45) is 5.92 Å². The third-order valence-electron chi connectivity index (χ3n) is 4.50. The minimum absolute atomic E-state index is 0.0664. The van der Waals surface area contributed by atoms with Gasteiger partial charge >= 0.3 is 0 Å². The molecule has 4 nitrogen and oxygen atoms in total. The lowest BCUT2D eigenvalue weighted by molar-refractivity contribution is 0.251. The van der Waals surface area contributed by atoms with E-state index in [-0.39, 0.29) is 11.6 Å². The molecule has 0 bridgehead atoms. The molecule has 1 aromatic heterocycles. The summed E-state index contributed by atoms with van der Waals surface area (Å²) in [6.07, 6.45) is 7.14. The lowest BCUT2D eigenvalue weighted by atomic mass is 9.84. The number of nitrogens with zero attached hydrogens (tertiary/aromatic N) is 4. The Hall–Kier alpha value is 0.0300. The Morgan fingerprint density at radius 2 is 1.62 bits per heavy atom. The molecule has 1 atom stereocenters. The fraction of sp³-hybridized carbons (Fsp3) is 0.562. The molecule has 1 saturated heterocycles. The number of aromatic nitrogens is 3. The first-order chi connectivity index (χ1) is 12.1. The molecular formula is C16H16Cl6N4. The predicted octanol–water partition coefficient (Wildman–Crippen LogP) is 5.93. The first kappa shape index (κ1) is 20.8. The highest BCUT2D eigenvalue weighted by Gasteiger charge is 2.35. The van der Waals surface area contributed by atoms with Crippen molar-refractivity contribution in [1.29, 1.82) is 0 Å². The molecule has 0 saturated carbocycles. The van der Waals surface area contributed by atoms with Crippen LogP contribution in [0.5, 0.6) is 0 Å². The number of allylic oxidation sites excluding steroid dienone is 4. The van der Waals surface area contributed by atoms with Crippen LogP contribution in [0.25, 0.3) is 5.57 Å². The van der Waals surface area contributed by atoms with Crippen molar-refractivity contribution in [1.82, 2.24) is 19.9 Å². The second kappa shape index (κ2) is 7.81. The molecule has 26 heavy (non-hydrogen) atoms. The molecule has 2 heterocycles. The van der Waals surface area contributed by atoms with Gasteiger partial charge in [-0.25, -0.2) is 15.0 Å². The van der Waals surface area contributed by atoms with Gasteiger partial charge in [0.15, 0.2) is 17.5 Å². The summed E-state index contributed by atoms with van der Waals surface area (Å²) in [6.45, 7) is 4.24. The third kappa shape index (κ3) is 4.53. The van der Waals surface area contributed by atoms with Gasteiger partial charge in [0.25, 0.3) is 0 Å². The Bertz CT molecular complexity index is 718. The lowest BCUT2D eigenvalue weighted by Crippen LogP contribution is -2.34. The van der Waals surface area contributed by atoms with Gasteiger partial charge in [-0.2, -0.15) is 0 Å². The molecule has 0 spiro atoms. The monoisotopic (exact) mass is 474 g/mol. The van der Waals surface area contributed by atoms with Gasteiger partial charge in [-0.05, 0) is 37.8 Å². The zero-order valence-electron chi connectivity index (χ0n) is 13.8. The quantitative estimate of drug-likeness (QED) is 0.496. The van der Waals surface area contributed by atoms with Crippen molar-refractivity contribution >= 4 is 75.2 Å². The van der Waals surface area contributed by atoms with E-state index in [2.05, 4.69) is 32.9 Å². The van der Waals surface area contributed by atoms with E-state index in [0.29, 0.717) is 11.7 Å². The molecule has 0 radical (unpaired) electrons. The first-order valence-corrected chi connectivity index (χ1v) is 10.4. The number of hydrogen-bond acceptors (Lipinski definition) is 4. The number of likely N-dealkylation sites (tertiary alicyclic amines) is 1. The van der Waals surface area contributed by atoms with Crippen molar-refractivity contribution in [2.75, 3.05) is 13.1 Å². The van der Waals surface area contributed by atoms with Gasteiger partial charge < -0.3 is 4.90 Å². The van der Waals surface area contributed by atoms with E-state index in [0.717, 1.165) is 37.9 Å². The summed E-state index contributed by atoms with van der Waals surface area (Å²) in [5.74, 6) is 0.645. The lowest BCUT2D eigenvalue weighted by Gasteiger charge is -2.38. The molecule has 2 aliphatic rings. The standard InChI is InChI=1S/C16H16Cl6N4/c1-2-26-7-3-4-9-8-10(5-6-11(9)26)12-23-13(15(17,18)19)25-14(24-12)16(20,21)22/h5-6,9H,2-4,7-8H2,1H3. The molecule has 10 heteroatoms. The van der Waals surface area contributed by atoms with Gasteiger partial charge in [0.2, 0.25) is 7.59 Å². The average Bonchev–Trinajstić information content (AvgIpc) is 2.58. The fourth-order valence-corrected chi connectivity index (χ4v) is 3.82.